The zero-order chi connectivity index (χ0) is 31.8. The van der Waals surface area contributed by atoms with E-state index in [0.29, 0.717) is 30.6 Å². The fraction of sp³-hybridized carbons (Fsp3) is 0.571. The summed E-state index contributed by atoms with van der Waals surface area (Å²) in [6.07, 6.45) is 8.90. The van der Waals surface area contributed by atoms with Crippen molar-refractivity contribution in [3.63, 3.8) is 0 Å². The molecule has 4 heterocycles. The van der Waals surface area contributed by atoms with E-state index in [1.165, 1.54) is 17.8 Å². The first-order chi connectivity index (χ1) is 19.8. The van der Waals surface area contributed by atoms with Crippen molar-refractivity contribution in [3.8, 4) is 24.7 Å². The lowest BCUT2D eigenvalue weighted by Crippen LogP contribution is -2.41. The van der Waals surface area contributed by atoms with Crippen molar-refractivity contribution < 1.29 is 27.5 Å². The third-order valence-corrected chi connectivity index (χ3v) is 7.67. The fourth-order valence-electron chi connectivity index (χ4n) is 3.79. The van der Waals surface area contributed by atoms with Gasteiger partial charge >= 0.3 is 12.3 Å². The van der Waals surface area contributed by atoms with Crippen LogP contribution in [0.25, 0.3) is 0 Å². The van der Waals surface area contributed by atoms with Crippen molar-refractivity contribution in [3.05, 3.63) is 32.2 Å². The van der Waals surface area contributed by atoms with Gasteiger partial charge < -0.3 is 15.0 Å². The molecule has 2 aromatic heterocycles. The second-order valence-electron chi connectivity index (χ2n) is 9.96. The molecule has 14 heteroatoms. The van der Waals surface area contributed by atoms with Crippen molar-refractivity contribution in [2.24, 2.45) is 0 Å². The number of rotatable bonds is 2. The average Bonchev–Trinajstić information content (AvgIpc) is 3.64. The quantitative estimate of drug-likeness (QED) is 0.211. The van der Waals surface area contributed by atoms with Crippen molar-refractivity contribution in [2.45, 2.75) is 70.1 Å². The van der Waals surface area contributed by atoms with Crippen molar-refractivity contribution >= 4 is 58.3 Å². The summed E-state index contributed by atoms with van der Waals surface area (Å²) >= 11 is 12.8. The highest BCUT2D eigenvalue weighted by Gasteiger charge is 2.28. The van der Waals surface area contributed by atoms with Gasteiger partial charge in [0.15, 0.2) is 0 Å². The smallest absolute Gasteiger partial charge is 0.444 e. The number of thiazole rings is 2. The van der Waals surface area contributed by atoms with Crippen molar-refractivity contribution in [2.75, 3.05) is 31.5 Å². The minimum absolute atomic E-state index is 0.194. The maximum atomic E-state index is 12.0. The number of amides is 1. The standard InChI is InChI=1S/C15H20N2O2S.C10H12N2S.C2HF3O.CH2Cl2/c1-5-12-10-20-13(16-12)11-6-8-17(9-7-11)14(18)19-15(2,3)4;1-2-9-7-13-10(12-9)8-3-5-11-6-4-8;3-2(4,5)1-6;2-1-3/h1,10-11H,6-9H2,2-4H3;1,7-8,11H,3-6H2;1H;1H2. The first-order valence-corrected chi connectivity index (χ1v) is 15.8. The summed E-state index contributed by atoms with van der Waals surface area (Å²) in [5.41, 5.74) is 1.06. The van der Waals surface area contributed by atoms with Crippen LogP contribution in [0.15, 0.2) is 10.8 Å². The number of carbonyl (C=O) groups is 2. The van der Waals surface area contributed by atoms with E-state index in [4.69, 9.17) is 45.6 Å². The Balaban J connectivity index is 0.000000342. The minimum atomic E-state index is -4.64. The Bertz CT molecular complexity index is 1170. The van der Waals surface area contributed by atoms with Gasteiger partial charge in [-0.05, 0) is 71.4 Å². The summed E-state index contributed by atoms with van der Waals surface area (Å²) in [4.78, 5) is 31.3. The van der Waals surface area contributed by atoms with Crippen molar-refractivity contribution in [1.29, 1.82) is 0 Å². The van der Waals surface area contributed by atoms with Crippen LogP contribution in [-0.2, 0) is 9.53 Å². The molecular weight excluding hydrogens is 632 g/mol. The lowest BCUT2D eigenvalue weighted by atomic mass is 9.98. The second-order valence-corrected chi connectivity index (χ2v) is 12.5. The topological polar surface area (TPSA) is 84.4 Å². The number of alkyl halides is 5. The molecule has 232 valence electrons. The fourth-order valence-corrected chi connectivity index (χ4v) is 5.65. The molecule has 2 aliphatic heterocycles. The molecule has 0 aliphatic carbocycles. The molecule has 1 amide bonds. The summed E-state index contributed by atoms with van der Waals surface area (Å²) in [5, 5.41) is 9.72. The normalized spacial score (nSPS) is 15.7. The number of piperidine rings is 2. The summed E-state index contributed by atoms with van der Waals surface area (Å²) in [6.45, 7) is 9.29. The summed E-state index contributed by atoms with van der Waals surface area (Å²) < 4.78 is 36.6. The molecule has 2 saturated heterocycles. The highest BCUT2D eigenvalue weighted by molar-refractivity contribution is 7.10. The number of ether oxygens (including phenoxy) is 1. The molecule has 2 aliphatic rings. The molecular formula is C28H35Cl2F3N4O3S2. The third kappa shape index (κ3) is 15.2. The van der Waals surface area contributed by atoms with E-state index in [9.17, 15) is 18.0 Å². The SMILES string of the molecule is C#Cc1csc(C2CCN(C(=O)OC(C)(C)C)CC2)n1.C#Cc1csc(C2CCNCC2)n1.ClCCl.O=CC(F)(F)F. The minimum Gasteiger partial charge on any atom is -0.444 e. The number of carbonyl (C=O) groups excluding carboxylic acids is 2. The van der Waals surface area contributed by atoms with Gasteiger partial charge in [0.2, 0.25) is 6.29 Å². The van der Waals surface area contributed by atoms with Crippen LogP contribution in [0.2, 0.25) is 0 Å². The highest BCUT2D eigenvalue weighted by Crippen LogP contribution is 2.31. The van der Waals surface area contributed by atoms with Gasteiger partial charge in [-0.25, -0.2) is 14.8 Å². The van der Waals surface area contributed by atoms with Gasteiger partial charge in [-0.1, -0.05) is 0 Å². The number of hydrogen-bond donors (Lipinski definition) is 1. The molecule has 0 radical (unpaired) electrons. The molecule has 0 saturated carbocycles. The van der Waals surface area contributed by atoms with Crippen LogP contribution < -0.4 is 5.32 Å². The van der Waals surface area contributed by atoms with Crippen LogP contribution in [0.1, 0.15) is 79.7 Å². The van der Waals surface area contributed by atoms with Crippen LogP contribution in [0.4, 0.5) is 18.0 Å². The van der Waals surface area contributed by atoms with E-state index in [1.807, 2.05) is 31.5 Å². The molecule has 4 rings (SSSR count). The van der Waals surface area contributed by atoms with Gasteiger partial charge in [0, 0.05) is 35.7 Å². The van der Waals surface area contributed by atoms with Crippen molar-refractivity contribution in [1.82, 2.24) is 20.2 Å². The summed E-state index contributed by atoms with van der Waals surface area (Å²) in [5.74, 6) is 6.16. The molecule has 1 N–H and O–H groups in total. The Hall–Kier alpha value is -2.35. The third-order valence-electron chi connectivity index (χ3n) is 5.66. The highest BCUT2D eigenvalue weighted by atomic mass is 35.5. The molecule has 0 atom stereocenters. The number of hydrogen-bond acceptors (Lipinski definition) is 8. The van der Waals surface area contributed by atoms with E-state index in [2.05, 4.69) is 27.1 Å². The molecule has 42 heavy (non-hydrogen) atoms. The van der Waals surface area contributed by atoms with E-state index in [1.54, 1.807) is 27.6 Å². The second kappa shape index (κ2) is 19.0. The predicted molar refractivity (Wildman–Crippen MR) is 163 cm³/mol. The van der Waals surface area contributed by atoms with E-state index in [0.717, 1.165) is 36.6 Å². The van der Waals surface area contributed by atoms with Gasteiger partial charge in [0.05, 0.1) is 15.4 Å². The number of terminal acetylenes is 2. The molecule has 7 nitrogen and oxygen atoms in total. The first-order valence-electron chi connectivity index (χ1n) is 12.9. The van der Waals surface area contributed by atoms with E-state index in [-0.39, 0.29) is 11.4 Å². The van der Waals surface area contributed by atoms with Gasteiger partial charge in [-0.15, -0.1) is 58.7 Å². The average molecular weight is 668 g/mol. The number of aldehydes is 1. The molecule has 0 bridgehead atoms. The van der Waals surface area contributed by atoms with Gasteiger partial charge in [0.25, 0.3) is 0 Å². The Morgan fingerprint density at radius 3 is 1.76 bits per heavy atom. The van der Waals surface area contributed by atoms with Crippen LogP contribution in [-0.4, -0.2) is 70.5 Å². The maximum absolute atomic E-state index is 12.0. The Kier molecular flexibility index (Phi) is 17.1. The van der Waals surface area contributed by atoms with E-state index >= 15 is 0 Å². The number of likely N-dealkylation sites (tertiary alicyclic amines) is 1. The van der Waals surface area contributed by atoms with E-state index < -0.39 is 18.1 Å². The molecule has 2 aromatic rings. The molecule has 2 fully saturated rings. The Labute approximate surface area is 263 Å². The van der Waals surface area contributed by atoms with Gasteiger partial charge in [-0.2, -0.15) is 13.2 Å². The van der Waals surface area contributed by atoms with Gasteiger partial charge in [-0.3, -0.25) is 4.79 Å². The zero-order valence-corrected chi connectivity index (χ0v) is 26.8. The van der Waals surface area contributed by atoms with Crippen LogP contribution >= 0.6 is 45.9 Å². The lowest BCUT2D eigenvalue weighted by molar-refractivity contribution is -0.156. The van der Waals surface area contributed by atoms with Crippen LogP contribution in [0.5, 0.6) is 0 Å². The molecule has 0 unspecified atom stereocenters. The van der Waals surface area contributed by atoms with Crippen LogP contribution in [0.3, 0.4) is 0 Å². The molecule has 0 aromatic carbocycles. The van der Waals surface area contributed by atoms with Gasteiger partial charge in [0.1, 0.15) is 17.0 Å². The number of aromatic nitrogens is 2. The summed E-state index contributed by atoms with van der Waals surface area (Å²) in [7, 11) is 0. The lowest BCUT2D eigenvalue weighted by Gasteiger charge is -2.32. The number of nitrogens with zero attached hydrogens (tertiary/aromatic N) is 3. The number of halogens is 5. The molecule has 0 spiro atoms. The summed E-state index contributed by atoms with van der Waals surface area (Å²) in [6, 6.07) is 0. The Morgan fingerprint density at radius 2 is 1.43 bits per heavy atom. The number of nitrogens with one attached hydrogen (secondary N) is 1. The monoisotopic (exact) mass is 666 g/mol. The first kappa shape index (κ1) is 37.7. The zero-order valence-electron chi connectivity index (χ0n) is 23.7. The largest absolute Gasteiger partial charge is 0.446 e. The van der Waals surface area contributed by atoms with Crippen LogP contribution in [0, 0.1) is 24.7 Å². The Morgan fingerprint density at radius 1 is 1.02 bits per heavy atom. The maximum Gasteiger partial charge on any atom is 0.446 e. The predicted octanol–water partition coefficient (Wildman–Crippen LogP) is 7.00.